The molecule has 3 aromatic rings. The second-order valence-corrected chi connectivity index (χ2v) is 5.26. The lowest BCUT2D eigenvalue weighted by atomic mass is 10.2. The zero-order valence-corrected chi connectivity index (χ0v) is 12.1. The highest BCUT2D eigenvalue weighted by atomic mass is 35.5. The van der Waals surface area contributed by atoms with Crippen LogP contribution >= 0.6 is 23.2 Å². The van der Waals surface area contributed by atoms with Gasteiger partial charge in [0, 0.05) is 10.9 Å². The van der Waals surface area contributed by atoms with E-state index in [-0.39, 0.29) is 5.91 Å². The van der Waals surface area contributed by atoms with Crippen molar-refractivity contribution in [3.05, 3.63) is 63.8 Å². The molecule has 3 nitrogen and oxygen atoms in total. The van der Waals surface area contributed by atoms with Gasteiger partial charge in [-0.15, -0.1) is 0 Å². The quantitative estimate of drug-likeness (QED) is 0.670. The predicted octanol–water partition coefficient (Wildman–Crippen LogP) is 4.34. The van der Waals surface area contributed by atoms with Crippen LogP contribution in [0.15, 0.2) is 42.5 Å². The zero-order chi connectivity index (χ0) is 14.3. The third-order valence-electron chi connectivity index (χ3n) is 3.13. The van der Waals surface area contributed by atoms with Crippen LogP contribution in [-0.2, 0) is 0 Å². The molecule has 100 valence electrons. The molecule has 0 unspecified atom stereocenters. The molecular weight excluding hydrogens is 295 g/mol. The van der Waals surface area contributed by atoms with Crippen LogP contribution in [0.1, 0.15) is 16.1 Å². The Bertz CT molecular complexity index is 824. The molecule has 0 saturated heterocycles. The maximum atomic E-state index is 12.5. The van der Waals surface area contributed by atoms with Crippen LogP contribution in [0.2, 0.25) is 10.0 Å². The Morgan fingerprint density at radius 3 is 2.60 bits per heavy atom. The van der Waals surface area contributed by atoms with Crippen molar-refractivity contribution in [2.45, 2.75) is 6.92 Å². The van der Waals surface area contributed by atoms with Crippen molar-refractivity contribution >= 4 is 40.0 Å². The fraction of sp³-hybridized carbons (Fsp3) is 0.0667. The summed E-state index contributed by atoms with van der Waals surface area (Å²) >= 11 is 11.8. The standard InChI is InChI=1S/C15H10Cl2N2O/c1-9-11-4-2-3-5-14(11)19(18-9)15(20)10-6-7-12(16)13(17)8-10/h2-8H,1H3. The Morgan fingerprint density at radius 2 is 1.85 bits per heavy atom. The smallest absolute Gasteiger partial charge is 0.267 e. The van der Waals surface area contributed by atoms with Crippen molar-refractivity contribution in [1.82, 2.24) is 9.78 Å². The minimum atomic E-state index is -0.229. The van der Waals surface area contributed by atoms with Gasteiger partial charge in [0.05, 0.1) is 21.3 Å². The number of rotatable bonds is 1. The van der Waals surface area contributed by atoms with Crippen molar-refractivity contribution in [3.63, 3.8) is 0 Å². The molecule has 0 spiro atoms. The average molecular weight is 305 g/mol. The Balaban J connectivity index is 2.15. The lowest BCUT2D eigenvalue weighted by molar-refractivity contribution is 0.0950. The van der Waals surface area contributed by atoms with Gasteiger partial charge in [-0.05, 0) is 31.2 Å². The number of fused-ring (bicyclic) bond motifs is 1. The second kappa shape index (κ2) is 4.93. The first-order valence-electron chi connectivity index (χ1n) is 6.02. The van der Waals surface area contributed by atoms with Crippen LogP contribution in [0, 0.1) is 6.92 Å². The van der Waals surface area contributed by atoms with Crippen LogP contribution in [-0.4, -0.2) is 15.7 Å². The van der Waals surface area contributed by atoms with E-state index in [1.807, 2.05) is 31.2 Å². The lowest BCUT2D eigenvalue weighted by Crippen LogP contribution is -2.13. The second-order valence-electron chi connectivity index (χ2n) is 4.45. The topological polar surface area (TPSA) is 34.9 Å². The van der Waals surface area contributed by atoms with Gasteiger partial charge in [0.25, 0.3) is 5.91 Å². The maximum Gasteiger partial charge on any atom is 0.278 e. The Kier molecular flexibility index (Phi) is 3.24. The number of carbonyl (C=O) groups is 1. The number of carbonyl (C=O) groups excluding carboxylic acids is 1. The van der Waals surface area contributed by atoms with Gasteiger partial charge >= 0.3 is 0 Å². The monoisotopic (exact) mass is 304 g/mol. The zero-order valence-electron chi connectivity index (χ0n) is 10.6. The van der Waals surface area contributed by atoms with Crippen LogP contribution in [0.3, 0.4) is 0 Å². The Labute approximate surface area is 125 Å². The van der Waals surface area contributed by atoms with E-state index in [9.17, 15) is 4.79 Å². The van der Waals surface area contributed by atoms with E-state index in [1.54, 1.807) is 18.2 Å². The number of aromatic nitrogens is 2. The molecule has 0 radical (unpaired) electrons. The van der Waals surface area contributed by atoms with E-state index < -0.39 is 0 Å². The lowest BCUT2D eigenvalue weighted by Gasteiger charge is -2.04. The van der Waals surface area contributed by atoms with Crippen molar-refractivity contribution in [2.24, 2.45) is 0 Å². The molecule has 0 aliphatic heterocycles. The summed E-state index contributed by atoms with van der Waals surface area (Å²) in [5, 5.41) is 6.04. The normalized spacial score (nSPS) is 10.9. The van der Waals surface area contributed by atoms with Gasteiger partial charge in [-0.1, -0.05) is 41.4 Å². The molecule has 0 N–H and O–H groups in total. The molecule has 20 heavy (non-hydrogen) atoms. The van der Waals surface area contributed by atoms with E-state index in [4.69, 9.17) is 23.2 Å². The largest absolute Gasteiger partial charge is 0.278 e. The van der Waals surface area contributed by atoms with Crippen LogP contribution < -0.4 is 0 Å². The highest BCUT2D eigenvalue weighted by Gasteiger charge is 2.15. The maximum absolute atomic E-state index is 12.5. The average Bonchev–Trinajstić information content (AvgIpc) is 2.79. The van der Waals surface area contributed by atoms with Gasteiger partial charge in [0.2, 0.25) is 0 Å². The number of halogens is 2. The molecule has 0 bridgehead atoms. The summed E-state index contributed by atoms with van der Waals surface area (Å²) in [6.07, 6.45) is 0. The van der Waals surface area contributed by atoms with Gasteiger partial charge in [-0.3, -0.25) is 4.79 Å². The molecule has 0 aliphatic rings. The summed E-state index contributed by atoms with van der Waals surface area (Å²) < 4.78 is 1.39. The minimum absolute atomic E-state index is 0.229. The number of aryl methyl sites for hydroxylation is 1. The molecule has 1 aromatic heterocycles. The molecule has 1 heterocycles. The molecule has 0 saturated carbocycles. The summed E-state index contributed by atoms with van der Waals surface area (Å²) in [4.78, 5) is 12.5. The van der Waals surface area contributed by atoms with Gasteiger partial charge in [0.15, 0.2) is 0 Å². The Morgan fingerprint density at radius 1 is 1.10 bits per heavy atom. The fourth-order valence-corrected chi connectivity index (χ4v) is 2.43. The summed E-state index contributed by atoms with van der Waals surface area (Å²) in [6.45, 7) is 1.88. The van der Waals surface area contributed by atoms with Crippen molar-refractivity contribution in [2.75, 3.05) is 0 Å². The molecule has 0 fully saturated rings. The first-order valence-corrected chi connectivity index (χ1v) is 6.77. The van der Waals surface area contributed by atoms with E-state index in [2.05, 4.69) is 5.10 Å². The summed E-state index contributed by atoms with van der Waals surface area (Å²) in [6, 6.07) is 12.4. The third kappa shape index (κ3) is 2.09. The van der Waals surface area contributed by atoms with E-state index in [0.717, 1.165) is 16.6 Å². The van der Waals surface area contributed by atoms with Gasteiger partial charge in [-0.2, -0.15) is 9.78 Å². The Hall–Kier alpha value is -1.84. The summed E-state index contributed by atoms with van der Waals surface area (Å²) in [7, 11) is 0. The van der Waals surface area contributed by atoms with E-state index in [0.29, 0.717) is 15.6 Å². The van der Waals surface area contributed by atoms with Crippen molar-refractivity contribution in [1.29, 1.82) is 0 Å². The van der Waals surface area contributed by atoms with Crippen molar-refractivity contribution in [3.8, 4) is 0 Å². The van der Waals surface area contributed by atoms with Crippen LogP contribution in [0.5, 0.6) is 0 Å². The highest BCUT2D eigenvalue weighted by Crippen LogP contribution is 2.24. The molecule has 2 aromatic carbocycles. The number of hydrogen-bond acceptors (Lipinski definition) is 2. The van der Waals surface area contributed by atoms with Crippen LogP contribution in [0.4, 0.5) is 0 Å². The molecule has 5 heteroatoms. The van der Waals surface area contributed by atoms with Gasteiger partial charge in [0.1, 0.15) is 0 Å². The first-order chi connectivity index (χ1) is 9.58. The summed E-state index contributed by atoms with van der Waals surface area (Å²) in [5.41, 5.74) is 2.04. The van der Waals surface area contributed by atoms with Crippen LogP contribution in [0.25, 0.3) is 10.9 Å². The first kappa shape index (κ1) is 13.2. The number of benzene rings is 2. The minimum Gasteiger partial charge on any atom is -0.267 e. The SMILES string of the molecule is Cc1nn(C(=O)c2ccc(Cl)c(Cl)c2)c2ccccc12. The predicted molar refractivity (Wildman–Crippen MR) is 80.7 cm³/mol. The van der Waals surface area contributed by atoms with Crippen molar-refractivity contribution < 1.29 is 4.79 Å². The van der Waals surface area contributed by atoms with Gasteiger partial charge in [-0.25, -0.2) is 0 Å². The number of hydrogen-bond donors (Lipinski definition) is 0. The number of para-hydroxylation sites is 1. The van der Waals surface area contributed by atoms with E-state index >= 15 is 0 Å². The van der Waals surface area contributed by atoms with E-state index in [1.165, 1.54) is 4.68 Å². The molecular formula is C15H10Cl2N2O. The third-order valence-corrected chi connectivity index (χ3v) is 3.87. The highest BCUT2D eigenvalue weighted by molar-refractivity contribution is 6.42. The van der Waals surface area contributed by atoms with Gasteiger partial charge < -0.3 is 0 Å². The fourth-order valence-electron chi connectivity index (χ4n) is 2.13. The molecule has 0 aliphatic carbocycles. The number of nitrogens with zero attached hydrogens (tertiary/aromatic N) is 2. The molecule has 0 amide bonds. The molecule has 3 rings (SSSR count). The summed E-state index contributed by atoms with van der Waals surface area (Å²) in [5.74, 6) is -0.229. The molecule has 0 atom stereocenters.